The van der Waals surface area contributed by atoms with Gasteiger partial charge in [0.25, 0.3) is 0 Å². The summed E-state index contributed by atoms with van der Waals surface area (Å²) in [5, 5.41) is 16.6. The van der Waals surface area contributed by atoms with Gasteiger partial charge in [0.15, 0.2) is 0 Å². The number of nitrogens with one attached hydrogen (secondary N) is 2. The molecule has 0 spiro atoms. The lowest BCUT2D eigenvalue weighted by atomic mass is 10.1. The molecule has 2 aliphatic rings. The maximum atomic E-state index is 9.87. The third kappa shape index (κ3) is 5.12. The van der Waals surface area contributed by atoms with Crippen LogP contribution >= 0.6 is 0 Å². The Kier molecular flexibility index (Phi) is 6.01. The van der Waals surface area contributed by atoms with E-state index < -0.39 is 8.07 Å². The fraction of sp³-hybridized carbons (Fsp3) is 0.409. The molecule has 0 atom stereocenters. The summed E-state index contributed by atoms with van der Waals surface area (Å²) < 4.78 is 0. The summed E-state index contributed by atoms with van der Waals surface area (Å²) in [6.07, 6.45) is 12.3. The number of anilines is 1. The molecule has 1 aromatic heterocycles. The Hall–Kier alpha value is -2.83. The zero-order valence-electron chi connectivity index (χ0n) is 17.1. The Balaban J connectivity index is 1.90. The highest BCUT2D eigenvalue weighted by molar-refractivity contribution is 6.83. The predicted molar refractivity (Wildman–Crippen MR) is 117 cm³/mol. The molecule has 3 rings (SSSR count). The van der Waals surface area contributed by atoms with Gasteiger partial charge in [-0.15, -0.1) is 5.54 Å². The van der Waals surface area contributed by atoms with Crippen LogP contribution in [-0.2, 0) is 0 Å². The average Bonchev–Trinajstić information content (AvgIpc) is 3.16. The Bertz CT molecular complexity index is 942. The van der Waals surface area contributed by atoms with Crippen LogP contribution in [0.25, 0.3) is 5.57 Å². The van der Waals surface area contributed by atoms with E-state index in [9.17, 15) is 5.26 Å². The van der Waals surface area contributed by atoms with Crippen molar-refractivity contribution in [1.29, 1.82) is 5.26 Å². The van der Waals surface area contributed by atoms with Crippen LogP contribution in [0.2, 0.25) is 19.6 Å². The lowest BCUT2D eigenvalue weighted by Crippen LogP contribution is -2.19. The summed E-state index contributed by atoms with van der Waals surface area (Å²) in [6, 6.07) is 2.75. The summed E-state index contributed by atoms with van der Waals surface area (Å²) in [6.45, 7) is 8.56. The predicted octanol–water partition coefficient (Wildman–Crippen LogP) is 4.30. The van der Waals surface area contributed by atoms with E-state index in [4.69, 9.17) is 0 Å². The number of nitriles is 1. The largest absolute Gasteiger partial charge is 0.351 e. The molecule has 28 heavy (non-hydrogen) atoms. The number of rotatable bonds is 3. The lowest BCUT2D eigenvalue weighted by Gasteiger charge is -2.16. The van der Waals surface area contributed by atoms with E-state index in [1.165, 1.54) is 12.8 Å². The Labute approximate surface area is 168 Å². The number of aromatic nitrogens is 2. The number of allylic oxidation sites excluding steroid dienone is 5. The van der Waals surface area contributed by atoms with Crippen LogP contribution in [-0.4, -0.2) is 24.1 Å². The zero-order valence-corrected chi connectivity index (χ0v) is 18.1. The second-order valence-electron chi connectivity index (χ2n) is 8.32. The molecule has 0 unspecified atom stereocenters. The number of hydrogen-bond donors (Lipinski definition) is 2. The molecule has 0 aromatic carbocycles. The van der Waals surface area contributed by atoms with Crippen molar-refractivity contribution in [2.24, 2.45) is 0 Å². The fourth-order valence-corrected chi connectivity index (χ4v) is 3.71. The molecule has 1 saturated carbocycles. The fourth-order valence-electron chi connectivity index (χ4n) is 3.20. The molecule has 5 nitrogen and oxygen atoms in total. The minimum absolute atomic E-state index is 0.424. The zero-order chi connectivity index (χ0) is 20.1. The van der Waals surface area contributed by atoms with Crippen LogP contribution in [0.5, 0.6) is 0 Å². The van der Waals surface area contributed by atoms with Crippen molar-refractivity contribution in [2.45, 2.75) is 58.3 Å². The van der Waals surface area contributed by atoms with Crippen molar-refractivity contribution in [3.63, 3.8) is 0 Å². The molecule has 144 valence electrons. The minimum atomic E-state index is -1.47. The molecular weight excluding hydrogens is 362 g/mol. The van der Waals surface area contributed by atoms with E-state index in [0.29, 0.717) is 23.3 Å². The average molecular weight is 390 g/mol. The van der Waals surface area contributed by atoms with Gasteiger partial charge in [0.05, 0.1) is 17.1 Å². The van der Waals surface area contributed by atoms with Gasteiger partial charge in [-0.05, 0) is 37.5 Å². The molecular formula is C22H27N5Si. The summed E-state index contributed by atoms with van der Waals surface area (Å²) in [7, 11) is -1.47. The van der Waals surface area contributed by atoms with Crippen molar-refractivity contribution < 1.29 is 0 Å². The Morgan fingerprint density at radius 1 is 1.29 bits per heavy atom. The number of aryl methyl sites for hydroxylation is 1. The van der Waals surface area contributed by atoms with Gasteiger partial charge in [0, 0.05) is 12.2 Å². The van der Waals surface area contributed by atoms with Gasteiger partial charge in [-0.1, -0.05) is 44.5 Å². The van der Waals surface area contributed by atoms with Gasteiger partial charge in [-0.25, -0.2) is 9.97 Å². The molecule has 0 bridgehead atoms. The van der Waals surface area contributed by atoms with Crippen molar-refractivity contribution >= 4 is 19.6 Å². The summed E-state index contributed by atoms with van der Waals surface area (Å²) in [4.78, 5) is 9.08. The van der Waals surface area contributed by atoms with Crippen LogP contribution in [0.15, 0.2) is 35.8 Å². The monoisotopic (exact) mass is 389 g/mol. The van der Waals surface area contributed by atoms with E-state index in [1.807, 2.05) is 25.2 Å². The topological polar surface area (TPSA) is 73.6 Å². The summed E-state index contributed by atoms with van der Waals surface area (Å²) in [5.41, 5.74) is 6.92. The molecule has 0 radical (unpaired) electrons. The minimum Gasteiger partial charge on any atom is -0.351 e. The highest BCUT2D eigenvalue weighted by atomic mass is 28.3. The molecule has 2 N–H and O–H groups in total. The van der Waals surface area contributed by atoms with Gasteiger partial charge < -0.3 is 10.6 Å². The summed E-state index contributed by atoms with van der Waals surface area (Å²) in [5.74, 6) is 3.81. The maximum Gasteiger partial charge on any atom is 0.223 e. The highest BCUT2D eigenvalue weighted by Gasteiger charge is 2.19. The molecule has 1 fully saturated rings. The first-order valence-corrected chi connectivity index (χ1v) is 13.3. The molecule has 1 aliphatic heterocycles. The van der Waals surface area contributed by atoms with Crippen LogP contribution in [0.1, 0.15) is 36.9 Å². The van der Waals surface area contributed by atoms with Crippen molar-refractivity contribution in [3.8, 4) is 17.5 Å². The first-order chi connectivity index (χ1) is 13.4. The van der Waals surface area contributed by atoms with Gasteiger partial charge in [-0.3, -0.25) is 0 Å². The molecule has 2 heterocycles. The highest BCUT2D eigenvalue weighted by Crippen LogP contribution is 2.24. The van der Waals surface area contributed by atoms with E-state index in [1.54, 1.807) is 6.20 Å². The first-order valence-electron chi connectivity index (χ1n) is 9.79. The quantitative estimate of drug-likeness (QED) is 0.458. The van der Waals surface area contributed by atoms with E-state index in [0.717, 1.165) is 29.8 Å². The maximum absolute atomic E-state index is 9.87. The Morgan fingerprint density at radius 2 is 2.04 bits per heavy atom. The molecule has 0 amide bonds. The number of dihydropyridines is 1. The van der Waals surface area contributed by atoms with Crippen LogP contribution < -0.4 is 10.6 Å². The van der Waals surface area contributed by atoms with Gasteiger partial charge in [0.1, 0.15) is 19.7 Å². The van der Waals surface area contributed by atoms with Gasteiger partial charge >= 0.3 is 0 Å². The van der Waals surface area contributed by atoms with Crippen LogP contribution in [0.3, 0.4) is 0 Å². The lowest BCUT2D eigenvalue weighted by molar-refractivity contribution is 0.743. The third-order valence-electron chi connectivity index (χ3n) is 4.65. The van der Waals surface area contributed by atoms with Gasteiger partial charge in [0.2, 0.25) is 5.95 Å². The van der Waals surface area contributed by atoms with Crippen LogP contribution in [0.4, 0.5) is 5.95 Å². The molecule has 6 heteroatoms. The molecule has 0 saturated heterocycles. The van der Waals surface area contributed by atoms with Crippen molar-refractivity contribution in [1.82, 2.24) is 15.3 Å². The SMILES string of the molecule is Cc1cnc(NC2CCCC2)nc1C(C#N)=C1C=CC=C(C#C[Si](C)(C)C)N1. The van der Waals surface area contributed by atoms with Crippen LogP contribution in [0, 0.1) is 29.7 Å². The van der Waals surface area contributed by atoms with Crippen molar-refractivity contribution in [3.05, 3.63) is 47.1 Å². The standard InChI is InChI=1S/C22H27N5Si/c1-16-15-24-22(26-17-8-5-6-9-17)27-21(16)19(14-23)20-11-7-10-18(25-20)12-13-28(2,3)4/h7,10-11,15,17,25H,5-6,8-9H2,1-4H3,(H,24,26,27). The first kappa shape index (κ1) is 19.9. The normalized spacial score (nSPS) is 18.5. The van der Waals surface area contributed by atoms with Crippen molar-refractivity contribution in [2.75, 3.05) is 5.32 Å². The van der Waals surface area contributed by atoms with Gasteiger partial charge in [-0.2, -0.15) is 5.26 Å². The second-order valence-corrected chi connectivity index (χ2v) is 13.1. The number of hydrogen-bond acceptors (Lipinski definition) is 5. The summed E-state index contributed by atoms with van der Waals surface area (Å²) >= 11 is 0. The second kappa shape index (κ2) is 8.46. The number of nitrogens with zero attached hydrogens (tertiary/aromatic N) is 3. The molecule has 1 aliphatic carbocycles. The Morgan fingerprint density at radius 3 is 2.71 bits per heavy atom. The van der Waals surface area contributed by atoms with E-state index in [2.05, 4.69) is 57.8 Å². The van der Waals surface area contributed by atoms with E-state index in [-0.39, 0.29) is 0 Å². The third-order valence-corrected chi connectivity index (χ3v) is 5.52. The van der Waals surface area contributed by atoms with E-state index >= 15 is 0 Å². The molecule has 1 aromatic rings. The smallest absolute Gasteiger partial charge is 0.223 e.